The molecule has 0 aromatic rings. The number of amides is 1. The molecule has 5 unspecified atom stereocenters. The molecule has 4 rings (SSSR count). The third kappa shape index (κ3) is 3.31. The molecular weight excluding hydrogens is 350 g/mol. The van der Waals surface area contributed by atoms with E-state index in [2.05, 4.69) is 39.4 Å². The lowest BCUT2D eigenvalue weighted by molar-refractivity contribution is -0.146. The topological polar surface area (TPSA) is 79.9 Å². The normalized spacial score (nSPS) is 45.6. The third-order valence-corrected chi connectivity index (χ3v) is 7.07. The van der Waals surface area contributed by atoms with Crippen molar-refractivity contribution in [1.29, 1.82) is 0 Å². The molecule has 0 radical (unpaired) electrons. The van der Waals surface area contributed by atoms with E-state index < -0.39 is 5.60 Å². The van der Waals surface area contributed by atoms with Gasteiger partial charge in [-0.25, -0.2) is 0 Å². The first-order valence-corrected chi connectivity index (χ1v) is 11.1. The van der Waals surface area contributed by atoms with E-state index in [0.29, 0.717) is 13.1 Å². The molecule has 0 aromatic heterocycles. The van der Waals surface area contributed by atoms with Crippen LogP contribution in [0.3, 0.4) is 0 Å². The predicted molar refractivity (Wildman–Crippen MR) is 103 cm³/mol. The molecule has 4 aliphatic heterocycles. The lowest BCUT2D eigenvalue weighted by atomic mass is 9.85. The Morgan fingerprint density at radius 1 is 1.31 bits per heavy atom. The first-order chi connectivity index (χ1) is 12.5. The number of nitrogens with one attached hydrogen (secondary N) is 3. The van der Waals surface area contributed by atoms with Crippen LogP contribution in [0.1, 0.15) is 39.0 Å². The Morgan fingerprint density at radius 2 is 2.15 bits per heavy atom. The number of aliphatic hydroxyl groups is 1. The van der Waals surface area contributed by atoms with Crippen LogP contribution in [0.4, 0.5) is 0 Å². The maximum absolute atomic E-state index is 13.1. The van der Waals surface area contributed by atoms with Gasteiger partial charge in [0.1, 0.15) is 5.50 Å². The van der Waals surface area contributed by atoms with E-state index in [4.69, 9.17) is 0 Å². The zero-order valence-electron chi connectivity index (χ0n) is 15.6. The summed E-state index contributed by atoms with van der Waals surface area (Å²) >= 11 is 1.73. The fourth-order valence-electron chi connectivity index (χ4n) is 4.77. The number of hydrogen-bond donors (Lipinski definition) is 4. The predicted octanol–water partition coefficient (Wildman–Crippen LogP) is 0.397. The van der Waals surface area contributed by atoms with E-state index in [9.17, 15) is 9.90 Å². The molecule has 1 amide bonds. The molecule has 26 heavy (non-hydrogen) atoms. The first kappa shape index (κ1) is 18.7. The van der Waals surface area contributed by atoms with Crippen molar-refractivity contribution < 1.29 is 9.90 Å². The molecule has 4 N–H and O–H groups in total. The van der Waals surface area contributed by atoms with Gasteiger partial charge in [-0.05, 0) is 45.3 Å². The highest BCUT2D eigenvalue weighted by molar-refractivity contribution is 7.99. The maximum Gasteiger partial charge on any atom is 0.244 e. The van der Waals surface area contributed by atoms with Crippen LogP contribution >= 0.6 is 11.8 Å². The molecule has 0 aromatic carbocycles. The number of rotatable bonds is 1. The fourth-order valence-corrected chi connectivity index (χ4v) is 5.31. The summed E-state index contributed by atoms with van der Waals surface area (Å²) in [7, 11) is 0. The van der Waals surface area contributed by atoms with Crippen LogP contribution in [-0.4, -0.2) is 69.8 Å². The summed E-state index contributed by atoms with van der Waals surface area (Å²) in [6.07, 6.45) is 10.9. The van der Waals surface area contributed by atoms with Gasteiger partial charge in [-0.3, -0.25) is 25.8 Å². The SMILES string of the molecule is CSC1NCC2C(=O)N3C/C=C\CC[C@](C)(O)C4CCCC(N4)N3C2N1. The fraction of sp³-hybridized carbons (Fsp3) is 0.833. The molecule has 6 atom stereocenters. The molecule has 4 heterocycles. The van der Waals surface area contributed by atoms with Crippen LogP contribution in [0.15, 0.2) is 12.2 Å². The van der Waals surface area contributed by atoms with Crippen LogP contribution in [0.25, 0.3) is 0 Å². The monoisotopic (exact) mass is 381 g/mol. The Balaban J connectivity index is 1.65. The lowest BCUT2D eigenvalue weighted by Gasteiger charge is -2.47. The summed E-state index contributed by atoms with van der Waals surface area (Å²) in [6, 6.07) is 0.0572. The highest BCUT2D eigenvalue weighted by atomic mass is 32.2. The largest absolute Gasteiger partial charge is 0.389 e. The summed E-state index contributed by atoms with van der Waals surface area (Å²) < 4.78 is 0. The molecule has 0 saturated carbocycles. The number of carbonyl (C=O) groups is 1. The average Bonchev–Trinajstić information content (AvgIpc) is 2.91. The minimum atomic E-state index is -0.731. The van der Waals surface area contributed by atoms with Crippen molar-refractivity contribution >= 4 is 17.7 Å². The smallest absolute Gasteiger partial charge is 0.244 e. The molecule has 0 spiro atoms. The van der Waals surface area contributed by atoms with Gasteiger partial charge in [0.05, 0.1) is 30.4 Å². The van der Waals surface area contributed by atoms with E-state index in [0.717, 1.165) is 32.1 Å². The summed E-state index contributed by atoms with van der Waals surface area (Å²) in [5.41, 5.74) is -0.578. The second kappa shape index (κ2) is 7.41. The van der Waals surface area contributed by atoms with Crippen LogP contribution in [-0.2, 0) is 4.79 Å². The molecule has 8 heteroatoms. The van der Waals surface area contributed by atoms with Gasteiger partial charge < -0.3 is 5.11 Å². The van der Waals surface area contributed by atoms with E-state index >= 15 is 0 Å². The van der Waals surface area contributed by atoms with E-state index in [1.165, 1.54) is 0 Å². The third-order valence-electron chi connectivity index (χ3n) is 6.29. The van der Waals surface area contributed by atoms with Gasteiger partial charge in [0.15, 0.2) is 0 Å². The van der Waals surface area contributed by atoms with Gasteiger partial charge in [-0.2, -0.15) is 5.01 Å². The second-order valence-corrected chi connectivity index (χ2v) is 9.02. The average molecular weight is 382 g/mol. The van der Waals surface area contributed by atoms with E-state index in [-0.39, 0.29) is 35.7 Å². The van der Waals surface area contributed by atoms with Crippen LogP contribution < -0.4 is 16.0 Å². The van der Waals surface area contributed by atoms with Crippen molar-refractivity contribution in [2.45, 2.75) is 68.5 Å². The van der Waals surface area contributed by atoms with E-state index in [1.807, 2.05) is 11.9 Å². The van der Waals surface area contributed by atoms with Crippen molar-refractivity contribution in [2.75, 3.05) is 19.3 Å². The standard InChI is InChI=1S/C18H31N5O2S/c1-18(25)9-4-3-5-10-22-16(24)12-11-19-17(26-2)21-15(12)23(22)14-8-6-7-13(18)20-14/h3,5,12-15,17,19-21,25H,4,6-11H2,1-2H3/b5-3-/t12?,13?,14?,15?,17?,18-/m0/s1. The van der Waals surface area contributed by atoms with Gasteiger partial charge in [-0.15, -0.1) is 11.8 Å². The van der Waals surface area contributed by atoms with Crippen LogP contribution in [0.5, 0.6) is 0 Å². The van der Waals surface area contributed by atoms with E-state index in [1.54, 1.807) is 11.8 Å². The molecule has 2 bridgehead atoms. The Kier molecular flexibility index (Phi) is 5.33. The molecule has 0 aliphatic carbocycles. The summed E-state index contributed by atoms with van der Waals surface area (Å²) in [4.78, 5) is 13.1. The summed E-state index contributed by atoms with van der Waals surface area (Å²) in [5, 5.41) is 25.8. The van der Waals surface area contributed by atoms with Crippen molar-refractivity contribution in [3.05, 3.63) is 12.2 Å². The zero-order valence-corrected chi connectivity index (χ0v) is 16.5. The highest BCUT2D eigenvalue weighted by Crippen LogP contribution is 2.34. The number of piperidine rings is 1. The second-order valence-electron chi connectivity index (χ2n) is 8.08. The highest BCUT2D eigenvalue weighted by Gasteiger charge is 2.52. The Bertz CT molecular complexity index is 572. The maximum atomic E-state index is 13.1. The zero-order chi connectivity index (χ0) is 18.3. The number of allylic oxidation sites excluding steroid dienone is 1. The van der Waals surface area contributed by atoms with Gasteiger partial charge in [-0.1, -0.05) is 12.2 Å². The van der Waals surface area contributed by atoms with Crippen molar-refractivity contribution in [3.8, 4) is 0 Å². The van der Waals surface area contributed by atoms with Crippen molar-refractivity contribution in [3.63, 3.8) is 0 Å². The Hall–Kier alpha value is -0.640. The molecule has 4 aliphatic rings. The van der Waals surface area contributed by atoms with Crippen molar-refractivity contribution in [2.24, 2.45) is 5.92 Å². The van der Waals surface area contributed by atoms with Gasteiger partial charge in [0, 0.05) is 12.6 Å². The van der Waals surface area contributed by atoms with Gasteiger partial charge >= 0.3 is 0 Å². The van der Waals surface area contributed by atoms with Crippen molar-refractivity contribution in [1.82, 2.24) is 26.0 Å². The number of nitrogens with zero attached hydrogens (tertiary/aromatic N) is 2. The summed E-state index contributed by atoms with van der Waals surface area (Å²) in [6.45, 7) is 3.25. The number of fused-ring (bicyclic) bond motifs is 6. The summed E-state index contributed by atoms with van der Waals surface area (Å²) in [5.74, 6) is 0.117. The number of hydrazine groups is 1. The minimum Gasteiger partial charge on any atom is -0.389 e. The first-order valence-electron chi connectivity index (χ1n) is 9.76. The lowest BCUT2D eigenvalue weighted by Crippen LogP contribution is -2.67. The molecule has 146 valence electrons. The number of thioether (sulfide) groups is 1. The Labute approximate surface area is 159 Å². The minimum absolute atomic E-state index is 0.00319. The van der Waals surface area contributed by atoms with Gasteiger partial charge in [0.2, 0.25) is 5.91 Å². The van der Waals surface area contributed by atoms with Gasteiger partial charge in [0.25, 0.3) is 0 Å². The molecular formula is C18H31N5O2S. The van der Waals surface area contributed by atoms with Crippen LogP contribution in [0, 0.1) is 5.92 Å². The van der Waals surface area contributed by atoms with Crippen LogP contribution in [0.2, 0.25) is 0 Å². The quantitative estimate of drug-likeness (QED) is 0.490. The molecule has 3 fully saturated rings. The molecule has 7 nitrogen and oxygen atoms in total. The Morgan fingerprint density at radius 3 is 2.96 bits per heavy atom. The number of carbonyl (C=O) groups excluding carboxylic acids is 1. The number of hydrogen-bond acceptors (Lipinski definition) is 7. The molecule has 3 saturated heterocycles.